The number of hydrogen-bond donors (Lipinski definition) is 1. The van der Waals surface area contributed by atoms with Crippen molar-refractivity contribution in [3.63, 3.8) is 0 Å². The highest BCUT2D eigenvalue weighted by atomic mass is 32.1. The van der Waals surface area contributed by atoms with Crippen molar-refractivity contribution in [1.29, 1.82) is 0 Å². The third-order valence-electron chi connectivity index (χ3n) is 2.12. The molecule has 0 aliphatic carbocycles. The van der Waals surface area contributed by atoms with Gasteiger partial charge in [0.05, 0.1) is 34.2 Å². The second-order valence-electron chi connectivity index (χ2n) is 3.38. The van der Waals surface area contributed by atoms with Crippen molar-refractivity contribution in [2.24, 2.45) is 5.73 Å². The zero-order chi connectivity index (χ0) is 10.8. The van der Waals surface area contributed by atoms with Crippen molar-refractivity contribution in [3.05, 3.63) is 29.3 Å². The number of nitrogens with two attached hydrogens (primary N) is 1. The van der Waals surface area contributed by atoms with Gasteiger partial charge >= 0.3 is 0 Å². The molecule has 0 aliphatic heterocycles. The van der Waals surface area contributed by atoms with Crippen LogP contribution in [0.25, 0.3) is 10.6 Å². The molecule has 0 aliphatic rings. The molecular weight excluding hydrogens is 208 g/mol. The minimum absolute atomic E-state index is 0.0749. The number of thiazole rings is 1. The van der Waals surface area contributed by atoms with E-state index in [-0.39, 0.29) is 6.04 Å². The highest BCUT2D eigenvalue weighted by molar-refractivity contribution is 7.13. The van der Waals surface area contributed by atoms with E-state index >= 15 is 0 Å². The summed E-state index contributed by atoms with van der Waals surface area (Å²) in [7, 11) is 0. The van der Waals surface area contributed by atoms with Crippen LogP contribution in [0.1, 0.15) is 24.4 Å². The van der Waals surface area contributed by atoms with E-state index in [2.05, 4.69) is 15.0 Å². The normalized spacial score (nSPS) is 12.7. The predicted molar refractivity (Wildman–Crippen MR) is 60.5 cm³/mol. The molecule has 5 heteroatoms. The fourth-order valence-corrected chi connectivity index (χ4v) is 2.00. The maximum absolute atomic E-state index is 5.70. The first kappa shape index (κ1) is 10.2. The Morgan fingerprint density at radius 1 is 1.27 bits per heavy atom. The lowest BCUT2D eigenvalue weighted by Gasteiger charge is -2.04. The lowest BCUT2D eigenvalue weighted by atomic mass is 10.2. The average molecular weight is 220 g/mol. The van der Waals surface area contributed by atoms with Gasteiger partial charge in [-0.3, -0.25) is 9.97 Å². The van der Waals surface area contributed by atoms with Crippen LogP contribution >= 0.6 is 11.3 Å². The number of hydrogen-bond acceptors (Lipinski definition) is 5. The number of rotatable bonds is 2. The molecule has 0 fully saturated rings. The molecule has 78 valence electrons. The van der Waals surface area contributed by atoms with E-state index < -0.39 is 0 Å². The first-order valence-corrected chi connectivity index (χ1v) is 5.54. The molecule has 15 heavy (non-hydrogen) atoms. The van der Waals surface area contributed by atoms with Crippen LogP contribution in [-0.2, 0) is 0 Å². The molecule has 2 heterocycles. The molecule has 4 nitrogen and oxygen atoms in total. The number of aryl methyl sites for hydroxylation is 1. The van der Waals surface area contributed by atoms with E-state index in [1.165, 1.54) is 0 Å². The molecule has 2 rings (SSSR count). The van der Waals surface area contributed by atoms with Gasteiger partial charge in [0.1, 0.15) is 5.69 Å². The number of aromatic nitrogens is 3. The van der Waals surface area contributed by atoms with Gasteiger partial charge in [-0.15, -0.1) is 11.3 Å². The van der Waals surface area contributed by atoms with Gasteiger partial charge in [0, 0.05) is 6.04 Å². The van der Waals surface area contributed by atoms with Crippen LogP contribution < -0.4 is 5.73 Å². The van der Waals surface area contributed by atoms with Crippen LogP contribution in [-0.4, -0.2) is 15.0 Å². The van der Waals surface area contributed by atoms with Crippen LogP contribution in [0.3, 0.4) is 0 Å². The monoisotopic (exact) mass is 220 g/mol. The van der Waals surface area contributed by atoms with Crippen molar-refractivity contribution >= 4 is 11.3 Å². The molecule has 0 spiro atoms. The lowest BCUT2D eigenvalue weighted by Crippen LogP contribution is -2.07. The summed E-state index contributed by atoms with van der Waals surface area (Å²) in [6, 6.07) is -0.0749. The molecule has 0 aromatic carbocycles. The van der Waals surface area contributed by atoms with Crippen molar-refractivity contribution in [2.45, 2.75) is 19.9 Å². The minimum Gasteiger partial charge on any atom is -0.323 e. The van der Waals surface area contributed by atoms with Gasteiger partial charge in [-0.2, -0.15) is 0 Å². The second-order valence-corrected chi connectivity index (χ2v) is 4.24. The van der Waals surface area contributed by atoms with Gasteiger partial charge < -0.3 is 5.73 Å². The van der Waals surface area contributed by atoms with Crippen LogP contribution in [0.15, 0.2) is 17.9 Å². The SMILES string of the molecule is Cc1ncsc1-c1cnc(C(C)N)cn1. The highest BCUT2D eigenvalue weighted by Crippen LogP contribution is 2.24. The van der Waals surface area contributed by atoms with Gasteiger partial charge in [-0.05, 0) is 13.8 Å². The molecule has 0 radical (unpaired) electrons. The zero-order valence-electron chi connectivity index (χ0n) is 8.64. The Bertz CT molecular complexity index is 447. The zero-order valence-corrected chi connectivity index (χ0v) is 9.45. The van der Waals surface area contributed by atoms with Gasteiger partial charge in [0.2, 0.25) is 0 Å². The van der Waals surface area contributed by atoms with Gasteiger partial charge in [-0.25, -0.2) is 4.98 Å². The van der Waals surface area contributed by atoms with Gasteiger partial charge in [-0.1, -0.05) is 0 Å². The van der Waals surface area contributed by atoms with E-state index in [4.69, 9.17) is 5.73 Å². The van der Waals surface area contributed by atoms with Crippen LogP contribution in [0.4, 0.5) is 0 Å². The third-order valence-corrected chi connectivity index (χ3v) is 3.07. The van der Waals surface area contributed by atoms with Crippen LogP contribution in [0.5, 0.6) is 0 Å². The molecule has 2 aromatic rings. The fourth-order valence-electron chi connectivity index (χ4n) is 1.24. The lowest BCUT2D eigenvalue weighted by molar-refractivity contribution is 0.773. The summed E-state index contributed by atoms with van der Waals surface area (Å²) in [4.78, 5) is 13.8. The van der Waals surface area contributed by atoms with E-state index in [1.54, 1.807) is 23.7 Å². The molecule has 0 bridgehead atoms. The Hall–Kier alpha value is -1.33. The first-order chi connectivity index (χ1) is 7.18. The quantitative estimate of drug-likeness (QED) is 0.839. The summed E-state index contributed by atoms with van der Waals surface area (Å²) in [6.07, 6.45) is 3.47. The van der Waals surface area contributed by atoms with Crippen molar-refractivity contribution in [2.75, 3.05) is 0 Å². The van der Waals surface area contributed by atoms with Crippen molar-refractivity contribution in [1.82, 2.24) is 15.0 Å². The standard InChI is InChI=1S/C10H12N4S/c1-6(11)8-3-13-9(4-12-8)10-7(2)14-5-15-10/h3-6H,11H2,1-2H3. The van der Waals surface area contributed by atoms with Crippen LogP contribution in [0.2, 0.25) is 0 Å². The topological polar surface area (TPSA) is 64.7 Å². The van der Waals surface area contributed by atoms with Crippen molar-refractivity contribution < 1.29 is 0 Å². The molecule has 2 aromatic heterocycles. The Kier molecular flexibility index (Phi) is 2.75. The predicted octanol–water partition coefficient (Wildman–Crippen LogP) is 1.93. The summed E-state index contributed by atoms with van der Waals surface area (Å²) < 4.78 is 0. The molecule has 0 saturated carbocycles. The van der Waals surface area contributed by atoms with E-state index in [0.29, 0.717) is 0 Å². The molecular formula is C10H12N4S. The molecule has 0 saturated heterocycles. The Labute approximate surface area is 92.2 Å². The Morgan fingerprint density at radius 2 is 2.07 bits per heavy atom. The molecule has 0 amide bonds. The summed E-state index contributed by atoms with van der Waals surface area (Å²) in [5, 5.41) is 0. The smallest absolute Gasteiger partial charge is 0.100 e. The Morgan fingerprint density at radius 3 is 2.53 bits per heavy atom. The van der Waals surface area contributed by atoms with E-state index in [9.17, 15) is 0 Å². The summed E-state index contributed by atoms with van der Waals surface area (Å²) in [5.74, 6) is 0. The maximum atomic E-state index is 5.70. The minimum atomic E-state index is -0.0749. The average Bonchev–Trinajstić information content (AvgIpc) is 2.65. The van der Waals surface area contributed by atoms with E-state index in [0.717, 1.165) is 22.0 Å². The largest absolute Gasteiger partial charge is 0.323 e. The van der Waals surface area contributed by atoms with E-state index in [1.807, 2.05) is 19.4 Å². The summed E-state index contributed by atoms with van der Waals surface area (Å²) in [5.41, 5.74) is 10.2. The molecule has 2 N–H and O–H groups in total. The molecule has 1 atom stereocenters. The Balaban J connectivity index is 2.36. The van der Waals surface area contributed by atoms with Gasteiger partial charge in [0.15, 0.2) is 0 Å². The van der Waals surface area contributed by atoms with Gasteiger partial charge in [0.25, 0.3) is 0 Å². The van der Waals surface area contributed by atoms with Crippen LogP contribution in [0, 0.1) is 6.92 Å². The summed E-state index contributed by atoms with van der Waals surface area (Å²) in [6.45, 7) is 3.86. The molecule has 1 unspecified atom stereocenters. The highest BCUT2D eigenvalue weighted by Gasteiger charge is 2.07. The number of nitrogens with zero attached hydrogens (tertiary/aromatic N) is 3. The summed E-state index contributed by atoms with van der Waals surface area (Å²) >= 11 is 1.57. The second kappa shape index (κ2) is 4.04. The maximum Gasteiger partial charge on any atom is 0.100 e. The third kappa shape index (κ3) is 2.03. The first-order valence-electron chi connectivity index (χ1n) is 4.66. The fraction of sp³-hybridized carbons (Fsp3) is 0.300. The van der Waals surface area contributed by atoms with Crippen molar-refractivity contribution in [3.8, 4) is 10.6 Å².